The Kier molecular flexibility index (Phi) is 2.23. The summed E-state index contributed by atoms with van der Waals surface area (Å²) in [6, 6.07) is 7.54. The van der Waals surface area contributed by atoms with E-state index in [1.807, 2.05) is 24.3 Å². The molecule has 1 aromatic carbocycles. The first-order valence-electron chi connectivity index (χ1n) is 5.08. The van der Waals surface area contributed by atoms with Crippen molar-refractivity contribution in [1.29, 1.82) is 0 Å². The van der Waals surface area contributed by atoms with Crippen LogP contribution >= 0.6 is 0 Å². The van der Waals surface area contributed by atoms with Crippen molar-refractivity contribution in [2.45, 2.75) is 31.0 Å². The van der Waals surface area contributed by atoms with Crippen LogP contribution in [0.2, 0.25) is 0 Å². The summed E-state index contributed by atoms with van der Waals surface area (Å²) in [6.07, 6.45) is 0.790. The van der Waals surface area contributed by atoms with E-state index in [2.05, 4.69) is 0 Å². The van der Waals surface area contributed by atoms with Crippen molar-refractivity contribution < 1.29 is 9.13 Å². The van der Waals surface area contributed by atoms with E-state index in [0.29, 0.717) is 12.8 Å². The van der Waals surface area contributed by atoms with Crippen LogP contribution in [0, 0.1) is 0 Å². The molecular weight excluding hydrogens is 193 g/mol. The molecule has 0 aromatic heterocycles. The molecule has 82 valence electrons. The van der Waals surface area contributed by atoms with Crippen molar-refractivity contribution in [3.05, 3.63) is 29.8 Å². The molecule has 1 aliphatic carbocycles. The SMILES string of the molecule is COc1ccc(C2(N)CC(C)(F)C2)cc1. The fourth-order valence-corrected chi connectivity index (χ4v) is 2.39. The summed E-state index contributed by atoms with van der Waals surface area (Å²) < 4.78 is 18.5. The molecule has 1 aliphatic rings. The highest BCUT2D eigenvalue weighted by atomic mass is 19.1. The van der Waals surface area contributed by atoms with E-state index in [9.17, 15) is 4.39 Å². The molecule has 0 aliphatic heterocycles. The second-order valence-electron chi connectivity index (χ2n) is 4.65. The lowest BCUT2D eigenvalue weighted by Gasteiger charge is -2.48. The van der Waals surface area contributed by atoms with Crippen LogP contribution < -0.4 is 10.5 Å². The number of halogens is 1. The van der Waals surface area contributed by atoms with Gasteiger partial charge in [0.1, 0.15) is 11.4 Å². The first-order valence-corrected chi connectivity index (χ1v) is 5.08. The zero-order valence-electron chi connectivity index (χ0n) is 9.09. The minimum Gasteiger partial charge on any atom is -0.497 e. The first-order chi connectivity index (χ1) is 6.95. The maximum absolute atomic E-state index is 13.4. The smallest absolute Gasteiger partial charge is 0.118 e. The molecule has 1 aromatic rings. The van der Waals surface area contributed by atoms with Gasteiger partial charge < -0.3 is 10.5 Å². The Morgan fingerprint density at radius 2 is 1.80 bits per heavy atom. The van der Waals surface area contributed by atoms with Gasteiger partial charge in [-0.2, -0.15) is 0 Å². The Bertz CT molecular complexity index is 350. The van der Waals surface area contributed by atoms with Crippen molar-refractivity contribution in [2.24, 2.45) is 5.73 Å². The molecule has 15 heavy (non-hydrogen) atoms. The van der Waals surface area contributed by atoms with Gasteiger partial charge in [0.25, 0.3) is 0 Å². The minimum absolute atomic E-state index is 0.395. The molecule has 1 saturated carbocycles. The Morgan fingerprint density at radius 1 is 1.27 bits per heavy atom. The van der Waals surface area contributed by atoms with Gasteiger partial charge in [0.2, 0.25) is 0 Å². The third kappa shape index (κ3) is 1.84. The van der Waals surface area contributed by atoms with Crippen LogP contribution in [0.15, 0.2) is 24.3 Å². The maximum atomic E-state index is 13.4. The highest BCUT2D eigenvalue weighted by molar-refractivity contribution is 5.34. The number of hydrogen-bond acceptors (Lipinski definition) is 2. The van der Waals surface area contributed by atoms with Gasteiger partial charge in [-0.15, -0.1) is 0 Å². The van der Waals surface area contributed by atoms with Crippen LogP contribution in [0.5, 0.6) is 5.75 Å². The molecule has 2 N–H and O–H groups in total. The van der Waals surface area contributed by atoms with E-state index in [4.69, 9.17) is 10.5 Å². The second-order valence-corrected chi connectivity index (χ2v) is 4.65. The monoisotopic (exact) mass is 209 g/mol. The highest BCUT2D eigenvalue weighted by Gasteiger charge is 2.50. The van der Waals surface area contributed by atoms with Crippen molar-refractivity contribution in [3.8, 4) is 5.75 Å². The van der Waals surface area contributed by atoms with Gasteiger partial charge >= 0.3 is 0 Å². The Balaban J connectivity index is 2.17. The van der Waals surface area contributed by atoms with Gasteiger partial charge in [-0.1, -0.05) is 12.1 Å². The van der Waals surface area contributed by atoms with Crippen molar-refractivity contribution in [3.63, 3.8) is 0 Å². The summed E-state index contributed by atoms with van der Waals surface area (Å²) in [6.45, 7) is 1.60. The van der Waals surface area contributed by atoms with Crippen LogP contribution in [-0.4, -0.2) is 12.8 Å². The van der Waals surface area contributed by atoms with Crippen molar-refractivity contribution in [2.75, 3.05) is 7.11 Å². The second kappa shape index (κ2) is 3.20. The zero-order chi connectivity index (χ0) is 11.1. The van der Waals surface area contributed by atoms with E-state index in [-0.39, 0.29) is 0 Å². The van der Waals surface area contributed by atoms with E-state index < -0.39 is 11.2 Å². The Labute approximate surface area is 89.2 Å². The number of hydrogen-bond donors (Lipinski definition) is 1. The third-order valence-electron chi connectivity index (χ3n) is 3.03. The average molecular weight is 209 g/mol. The van der Waals surface area contributed by atoms with Gasteiger partial charge in [0.15, 0.2) is 0 Å². The van der Waals surface area contributed by atoms with Crippen LogP contribution in [0.3, 0.4) is 0 Å². The Morgan fingerprint density at radius 3 is 2.20 bits per heavy atom. The standard InChI is InChI=1S/C12H16FNO/c1-11(13)7-12(14,8-11)9-3-5-10(15-2)6-4-9/h3-6H,7-8,14H2,1-2H3. The summed E-state index contributed by atoms with van der Waals surface area (Å²) >= 11 is 0. The van der Waals surface area contributed by atoms with E-state index in [0.717, 1.165) is 11.3 Å². The number of benzene rings is 1. The summed E-state index contributed by atoms with van der Waals surface area (Å²) in [5, 5.41) is 0. The number of alkyl halides is 1. The number of nitrogens with two attached hydrogens (primary N) is 1. The van der Waals surface area contributed by atoms with Gasteiger partial charge in [-0.05, 0) is 24.6 Å². The molecule has 0 unspecified atom stereocenters. The molecule has 0 bridgehead atoms. The predicted octanol–water partition coefficient (Wildman–Crippen LogP) is 2.37. The number of ether oxygens (including phenoxy) is 1. The quantitative estimate of drug-likeness (QED) is 0.811. The summed E-state index contributed by atoms with van der Waals surface area (Å²) in [5.74, 6) is 0.796. The van der Waals surface area contributed by atoms with Crippen LogP contribution in [-0.2, 0) is 5.54 Å². The lowest BCUT2D eigenvalue weighted by molar-refractivity contribution is 0.00131. The third-order valence-corrected chi connectivity index (χ3v) is 3.03. The maximum Gasteiger partial charge on any atom is 0.118 e. The van der Waals surface area contributed by atoms with Gasteiger partial charge in [0, 0.05) is 18.4 Å². The lowest BCUT2D eigenvalue weighted by Crippen LogP contribution is -2.56. The summed E-state index contributed by atoms with van der Waals surface area (Å²) in [4.78, 5) is 0. The van der Waals surface area contributed by atoms with Gasteiger partial charge in [-0.25, -0.2) is 4.39 Å². The molecular formula is C12H16FNO. The molecule has 0 spiro atoms. The number of rotatable bonds is 2. The molecule has 0 atom stereocenters. The Hall–Kier alpha value is -1.09. The molecule has 3 heteroatoms. The molecule has 0 amide bonds. The largest absolute Gasteiger partial charge is 0.497 e. The minimum atomic E-state index is -1.10. The summed E-state index contributed by atoms with van der Waals surface area (Å²) in [7, 11) is 1.62. The molecule has 1 fully saturated rings. The van der Waals surface area contributed by atoms with Crippen LogP contribution in [0.25, 0.3) is 0 Å². The molecule has 0 radical (unpaired) electrons. The molecule has 2 rings (SSSR count). The fraction of sp³-hybridized carbons (Fsp3) is 0.500. The van der Waals surface area contributed by atoms with Crippen molar-refractivity contribution >= 4 is 0 Å². The topological polar surface area (TPSA) is 35.2 Å². The number of methoxy groups -OCH3 is 1. The fourth-order valence-electron chi connectivity index (χ4n) is 2.39. The molecule has 0 saturated heterocycles. The van der Waals surface area contributed by atoms with Gasteiger partial charge in [-0.3, -0.25) is 0 Å². The van der Waals surface area contributed by atoms with Crippen LogP contribution in [0.4, 0.5) is 4.39 Å². The average Bonchev–Trinajstić information content (AvgIpc) is 2.15. The normalized spacial score (nSPS) is 34.7. The van der Waals surface area contributed by atoms with E-state index in [1.165, 1.54) is 0 Å². The zero-order valence-corrected chi connectivity index (χ0v) is 9.09. The lowest BCUT2D eigenvalue weighted by atomic mass is 9.64. The van der Waals surface area contributed by atoms with Gasteiger partial charge in [0.05, 0.1) is 7.11 Å². The van der Waals surface area contributed by atoms with E-state index in [1.54, 1.807) is 14.0 Å². The molecule has 0 heterocycles. The highest BCUT2D eigenvalue weighted by Crippen LogP contribution is 2.48. The van der Waals surface area contributed by atoms with Crippen molar-refractivity contribution in [1.82, 2.24) is 0 Å². The molecule has 2 nitrogen and oxygen atoms in total. The summed E-state index contributed by atoms with van der Waals surface area (Å²) in [5.41, 5.74) is 5.50. The van der Waals surface area contributed by atoms with Crippen LogP contribution in [0.1, 0.15) is 25.3 Å². The first kappa shape index (κ1) is 10.4. The van der Waals surface area contributed by atoms with E-state index >= 15 is 0 Å². The predicted molar refractivity (Wildman–Crippen MR) is 57.6 cm³/mol.